The lowest BCUT2D eigenvalue weighted by molar-refractivity contribution is 0.100. The summed E-state index contributed by atoms with van der Waals surface area (Å²) in [5, 5.41) is 4.34. The van der Waals surface area contributed by atoms with Crippen molar-refractivity contribution >= 4 is 17.2 Å². The lowest BCUT2D eigenvalue weighted by atomic mass is 10.1. The zero-order valence-electron chi connectivity index (χ0n) is 13.2. The Kier molecular flexibility index (Phi) is 5.28. The highest BCUT2D eigenvalue weighted by Gasteiger charge is 2.14. The number of amides is 1. The van der Waals surface area contributed by atoms with Gasteiger partial charge in [0.1, 0.15) is 5.82 Å². The second-order valence-electron chi connectivity index (χ2n) is 4.55. The smallest absolute Gasteiger partial charge is 0.258 e. The number of carbonyl (C=O) groups excluding carboxylic acids is 1. The minimum atomic E-state index is -0.456. The van der Waals surface area contributed by atoms with E-state index in [1.54, 1.807) is 42.1 Å². The molecule has 3 aromatic rings. The second-order valence-corrected chi connectivity index (χ2v) is 5.63. The largest absolute Gasteiger partial charge is 0.365 e. The van der Waals surface area contributed by atoms with E-state index in [1.807, 2.05) is 19.9 Å². The van der Waals surface area contributed by atoms with Crippen molar-refractivity contribution in [1.29, 1.82) is 0 Å². The van der Waals surface area contributed by atoms with Crippen molar-refractivity contribution in [2.75, 3.05) is 0 Å². The molecule has 6 heteroatoms. The van der Waals surface area contributed by atoms with Gasteiger partial charge in [-0.05, 0) is 30.3 Å². The third-order valence-corrected chi connectivity index (χ3v) is 4.25. The molecule has 3 rings (SSSR count). The molecule has 23 heavy (non-hydrogen) atoms. The van der Waals surface area contributed by atoms with Crippen LogP contribution in [0, 0.1) is 5.82 Å². The fourth-order valence-corrected chi connectivity index (χ4v) is 3.01. The number of rotatable bonds is 3. The monoisotopic (exact) mass is 331 g/mol. The predicted octanol–water partition coefficient (Wildman–Crippen LogP) is 4.08. The van der Waals surface area contributed by atoms with Crippen LogP contribution in [0.3, 0.4) is 0 Å². The Balaban J connectivity index is 0.000000924. The van der Waals surface area contributed by atoms with Crippen LogP contribution in [0.5, 0.6) is 0 Å². The van der Waals surface area contributed by atoms with Gasteiger partial charge in [-0.15, -0.1) is 11.3 Å². The number of hydrogen-bond donors (Lipinski definition) is 1. The van der Waals surface area contributed by atoms with Crippen LogP contribution in [0.1, 0.15) is 23.5 Å². The zero-order valence-corrected chi connectivity index (χ0v) is 14.0. The Hall–Kier alpha value is -2.47. The van der Waals surface area contributed by atoms with Crippen LogP contribution in [0.15, 0.2) is 42.5 Å². The number of hydrogen-bond acceptors (Lipinski definition) is 3. The maximum atomic E-state index is 13.8. The van der Waals surface area contributed by atoms with Crippen molar-refractivity contribution < 1.29 is 9.18 Å². The molecule has 2 heterocycles. The standard InChI is InChI=1S/C15H12FN3OS.C2H6/c1-19-12(13-6-7-14(21-13)15(17)20)8-11(18-19)9-4-2-3-5-10(9)16;1-2/h2-8H,1H3,(H2,17,20);1-2H3. The third kappa shape index (κ3) is 3.48. The van der Waals surface area contributed by atoms with Gasteiger partial charge >= 0.3 is 0 Å². The molecule has 0 aliphatic rings. The maximum absolute atomic E-state index is 13.8. The molecule has 0 saturated heterocycles. The summed E-state index contributed by atoms with van der Waals surface area (Å²) in [7, 11) is 1.78. The highest BCUT2D eigenvalue weighted by atomic mass is 32.1. The molecule has 1 amide bonds. The van der Waals surface area contributed by atoms with E-state index in [1.165, 1.54) is 17.4 Å². The first kappa shape index (κ1) is 16.9. The fourth-order valence-electron chi connectivity index (χ4n) is 2.11. The summed E-state index contributed by atoms with van der Waals surface area (Å²) in [6.45, 7) is 4.00. The van der Waals surface area contributed by atoms with Gasteiger partial charge in [-0.1, -0.05) is 26.0 Å². The summed E-state index contributed by atoms with van der Waals surface area (Å²) < 4.78 is 15.5. The summed E-state index contributed by atoms with van der Waals surface area (Å²) in [4.78, 5) is 12.5. The lowest BCUT2D eigenvalue weighted by Gasteiger charge is -1.97. The van der Waals surface area contributed by atoms with Crippen LogP contribution < -0.4 is 5.73 Å². The van der Waals surface area contributed by atoms with Crippen LogP contribution in [-0.2, 0) is 7.05 Å². The molecule has 0 bridgehead atoms. The quantitative estimate of drug-likeness (QED) is 0.786. The van der Waals surface area contributed by atoms with Crippen molar-refractivity contribution in [2.24, 2.45) is 12.8 Å². The van der Waals surface area contributed by atoms with Crippen molar-refractivity contribution in [3.05, 3.63) is 53.2 Å². The molecule has 2 aromatic heterocycles. The van der Waals surface area contributed by atoms with Crippen LogP contribution >= 0.6 is 11.3 Å². The normalized spacial score (nSPS) is 10.1. The average molecular weight is 331 g/mol. The molecule has 0 aliphatic carbocycles. The first-order valence-corrected chi connectivity index (χ1v) is 8.07. The molecule has 4 nitrogen and oxygen atoms in total. The highest BCUT2D eigenvalue weighted by molar-refractivity contribution is 7.17. The predicted molar refractivity (Wildman–Crippen MR) is 91.8 cm³/mol. The lowest BCUT2D eigenvalue weighted by Crippen LogP contribution is -2.07. The molecule has 120 valence electrons. The van der Waals surface area contributed by atoms with Gasteiger partial charge in [0.2, 0.25) is 0 Å². The van der Waals surface area contributed by atoms with E-state index in [-0.39, 0.29) is 5.82 Å². The zero-order chi connectivity index (χ0) is 17.0. The van der Waals surface area contributed by atoms with Crippen molar-refractivity contribution in [2.45, 2.75) is 13.8 Å². The molecular weight excluding hydrogens is 313 g/mol. The van der Waals surface area contributed by atoms with Crippen LogP contribution in [0.2, 0.25) is 0 Å². The molecule has 0 radical (unpaired) electrons. The van der Waals surface area contributed by atoms with Crippen LogP contribution in [-0.4, -0.2) is 15.7 Å². The van der Waals surface area contributed by atoms with Gasteiger partial charge in [-0.3, -0.25) is 9.48 Å². The van der Waals surface area contributed by atoms with Gasteiger partial charge in [0.15, 0.2) is 0 Å². The van der Waals surface area contributed by atoms with Gasteiger partial charge in [0, 0.05) is 12.6 Å². The minimum Gasteiger partial charge on any atom is -0.365 e. The minimum absolute atomic E-state index is 0.314. The van der Waals surface area contributed by atoms with Crippen LogP contribution in [0.4, 0.5) is 4.39 Å². The van der Waals surface area contributed by atoms with E-state index in [9.17, 15) is 9.18 Å². The number of carbonyl (C=O) groups is 1. The van der Waals surface area contributed by atoms with Gasteiger partial charge in [-0.25, -0.2) is 4.39 Å². The van der Waals surface area contributed by atoms with E-state index in [4.69, 9.17) is 5.73 Å². The molecule has 0 saturated carbocycles. The summed E-state index contributed by atoms with van der Waals surface area (Å²) in [5.41, 5.74) is 7.07. The number of nitrogens with zero attached hydrogens (tertiary/aromatic N) is 2. The van der Waals surface area contributed by atoms with E-state index in [0.717, 1.165) is 10.6 Å². The molecule has 1 aromatic carbocycles. The maximum Gasteiger partial charge on any atom is 0.258 e. The fraction of sp³-hybridized carbons (Fsp3) is 0.176. The van der Waals surface area contributed by atoms with E-state index in [2.05, 4.69) is 5.10 Å². The molecule has 0 spiro atoms. The summed E-state index contributed by atoms with van der Waals surface area (Å²) in [6.07, 6.45) is 0. The van der Waals surface area contributed by atoms with E-state index >= 15 is 0 Å². The number of thiophene rings is 1. The van der Waals surface area contributed by atoms with Gasteiger partial charge in [0.25, 0.3) is 5.91 Å². The summed E-state index contributed by atoms with van der Waals surface area (Å²) in [6, 6.07) is 11.8. The molecule has 0 atom stereocenters. The van der Waals surface area contributed by atoms with Gasteiger partial charge in [-0.2, -0.15) is 5.10 Å². The Morgan fingerprint density at radius 3 is 2.52 bits per heavy atom. The second kappa shape index (κ2) is 7.19. The number of aromatic nitrogens is 2. The Morgan fingerprint density at radius 2 is 1.91 bits per heavy atom. The Morgan fingerprint density at radius 1 is 1.22 bits per heavy atom. The first-order valence-electron chi connectivity index (χ1n) is 7.25. The molecule has 0 unspecified atom stereocenters. The summed E-state index contributed by atoms with van der Waals surface area (Å²) in [5.74, 6) is -0.770. The number of primary amides is 1. The van der Waals surface area contributed by atoms with Crippen LogP contribution in [0.25, 0.3) is 21.8 Å². The van der Waals surface area contributed by atoms with Crippen molar-refractivity contribution in [1.82, 2.24) is 9.78 Å². The van der Waals surface area contributed by atoms with Gasteiger partial charge in [0.05, 0.1) is 21.1 Å². The van der Waals surface area contributed by atoms with E-state index in [0.29, 0.717) is 16.1 Å². The van der Waals surface area contributed by atoms with E-state index < -0.39 is 5.91 Å². The summed E-state index contributed by atoms with van der Waals surface area (Å²) >= 11 is 1.29. The molecule has 0 fully saturated rings. The average Bonchev–Trinajstić information content (AvgIpc) is 3.16. The SMILES string of the molecule is CC.Cn1nc(-c2ccccc2F)cc1-c1ccc(C(N)=O)s1. The number of halogens is 1. The van der Waals surface area contributed by atoms with Crippen molar-refractivity contribution in [3.63, 3.8) is 0 Å². The molecule has 2 N–H and O–H groups in total. The number of benzene rings is 1. The Labute approximate surface area is 138 Å². The van der Waals surface area contributed by atoms with Gasteiger partial charge < -0.3 is 5.73 Å². The first-order chi connectivity index (χ1) is 11.1. The number of aryl methyl sites for hydroxylation is 1. The number of nitrogens with two attached hydrogens (primary N) is 1. The van der Waals surface area contributed by atoms with Crippen molar-refractivity contribution in [3.8, 4) is 21.8 Å². The highest BCUT2D eigenvalue weighted by Crippen LogP contribution is 2.31. The topological polar surface area (TPSA) is 60.9 Å². The third-order valence-electron chi connectivity index (χ3n) is 3.13. The molecular formula is C17H18FN3OS. The Bertz CT molecular complexity index is 823. The molecule has 0 aliphatic heterocycles.